The van der Waals surface area contributed by atoms with Crippen LogP contribution in [-0.2, 0) is 10.0 Å². The fourth-order valence-corrected chi connectivity index (χ4v) is 3.38. The third-order valence-electron chi connectivity index (χ3n) is 2.26. The molecule has 2 N–H and O–H groups in total. The molecule has 5 heteroatoms. The Labute approximate surface area is 104 Å². The lowest BCUT2D eigenvalue weighted by Gasteiger charge is -2.26. The molecule has 17 heavy (non-hydrogen) atoms. The van der Waals surface area contributed by atoms with Crippen molar-refractivity contribution in [3.63, 3.8) is 0 Å². The molecule has 0 aromatic heterocycles. The van der Waals surface area contributed by atoms with Gasteiger partial charge in [-0.3, -0.25) is 0 Å². The Morgan fingerprint density at radius 3 is 2.18 bits per heavy atom. The van der Waals surface area contributed by atoms with Crippen molar-refractivity contribution in [1.29, 1.82) is 0 Å². The summed E-state index contributed by atoms with van der Waals surface area (Å²) in [7, 11) is 0.570. The van der Waals surface area contributed by atoms with E-state index < -0.39 is 15.6 Å². The molecule has 0 bridgehead atoms. The van der Waals surface area contributed by atoms with E-state index in [2.05, 4.69) is 4.72 Å². The van der Waals surface area contributed by atoms with Crippen molar-refractivity contribution in [2.75, 3.05) is 20.6 Å². The van der Waals surface area contributed by atoms with Crippen LogP contribution in [0.4, 0.5) is 0 Å². The molecule has 0 radical (unpaired) electrons. The highest BCUT2D eigenvalue weighted by Gasteiger charge is 2.28. The lowest BCUT2D eigenvalue weighted by molar-refractivity contribution is -0.862. The summed E-state index contributed by atoms with van der Waals surface area (Å²) in [6.45, 7) is 4.50. The molecule has 0 aliphatic carbocycles. The minimum absolute atomic E-state index is 0.307. The third-order valence-corrected chi connectivity index (χ3v) is 3.97. The predicted molar refractivity (Wildman–Crippen MR) is 68.5 cm³/mol. The quantitative estimate of drug-likeness (QED) is 0.773. The number of hydrogen-bond donors (Lipinski definition) is 2. The van der Waals surface area contributed by atoms with Gasteiger partial charge in [0, 0.05) is 0 Å². The largest absolute Gasteiger partial charge is 0.338 e. The van der Waals surface area contributed by atoms with E-state index in [9.17, 15) is 8.42 Å². The molecular formula is C12H21N2O2S+. The molecule has 0 saturated heterocycles. The molecule has 0 saturated carbocycles. The fraction of sp³-hybridized carbons (Fsp3) is 0.500. The first-order chi connectivity index (χ1) is 7.73. The number of likely N-dealkylation sites (N-methyl/N-ethyl adjacent to an activating group) is 1. The first-order valence-corrected chi connectivity index (χ1v) is 7.09. The normalized spacial score (nSPS) is 13.0. The second kappa shape index (κ2) is 5.16. The van der Waals surface area contributed by atoms with Crippen molar-refractivity contribution in [2.45, 2.75) is 24.3 Å². The van der Waals surface area contributed by atoms with Gasteiger partial charge in [-0.2, -0.15) is 4.72 Å². The Morgan fingerprint density at radius 1 is 1.18 bits per heavy atom. The van der Waals surface area contributed by atoms with Gasteiger partial charge < -0.3 is 4.90 Å². The summed E-state index contributed by atoms with van der Waals surface area (Å²) in [5, 5.41) is 0. The van der Waals surface area contributed by atoms with Gasteiger partial charge in [-0.25, -0.2) is 8.42 Å². The summed E-state index contributed by atoms with van der Waals surface area (Å²) in [5.74, 6) is 0. The summed E-state index contributed by atoms with van der Waals surface area (Å²) in [6, 6.07) is 8.44. The van der Waals surface area contributed by atoms with Crippen LogP contribution >= 0.6 is 0 Å². The van der Waals surface area contributed by atoms with Crippen molar-refractivity contribution in [2.24, 2.45) is 0 Å². The van der Waals surface area contributed by atoms with E-state index in [0.717, 1.165) is 6.54 Å². The lowest BCUT2D eigenvalue weighted by Crippen LogP contribution is -3.08. The van der Waals surface area contributed by atoms with Gasteiger partial charge >= 0.3 is 0 Å². The van der Waals surface area contributed by atoms with E-state index in [1.54, 1.807) is 30.3 Å². The average molecular weight is 257 g/mol. The maximum atomic E-state index is 12.1. The van der Waals surface area contributed by atoms with Crippen molar-refractivity contribution in [3.05, 3.63) is 30.3 Å². The molecule has 1 aromatic carbocycles. The van der Waals surface area contributed by atoms with Crippen LogP contribution in [0, 0.1) is 0 Å². The summed E-state index contributed by atoms with van der Waals surface area (Å²) in [6.07, 6.45) is 0. The molecule has 0 fully saturated rings. The molecule has 4 nitrogen and oxygen atoms in total. The van der Waals surface area contributed by atoms with Crippen LogP contribution in [0.3, 0.4) is 0 Å². The van der Waals surface area contributed by atoms with Crippen LogP contribution < -0.4 is 9.62 Å². The van der Waals surface area contributed by atoms with Gasteiger partial charge in [0.2, 0.25) is 10.0 Å². The SMILES string of the molecule is C[NH+](C)CC(C)(C)NS(=O)(=O)c1ccccc1. The van der Waals surface area contributed by atoms with Crippen LogP contribution in [0.15, 0.2) is 35.2 Å². The number of rotatable bonds is 5. The van der Waals surface area contributed by atoms with Gasteiger partial charge in [0.1, 0.15) is 0 Å². The van der Waals surface area contributed by atoms with Crippen molar-refractivity contribution >= 4 is 10.0 Å². The van der Waals surface area contributed by atoms with Crippen LogP contribution in [0.1, 0.15) is 13.8 Å². The Kier molecular flexibility index (Phi) is 4.30. The third kappa shape index (κ3) is 4.46. The van der Waals surface area contributed by atoms with Crippen molar-refractivity contribution in [1.82, 2.24) is 4.72 Å². The highest BCUT2D eigenvalue weighted by atomic mass is 32.2. The summed E-state index contributed by atoms with van der Waals surface area (Å²) >= 11 is 0. The molecule has 0 atom stereocenters. The second-order valence-electron chi connectivity index (χ2n) is 5.19. The Morgan fingerprint density at radius 2 is 1.71 bits per heavy atom. The molecule has 96 valence electrons. The summed E-state index contributed by atoms with van der Waals surface area (Å²) in [5.41, 5.74) is -0.465. The predicted octanol–water partition coefficient (Wildman–Crippen LogP) is -0.112. The topological polar surface area (TPSA) is 50.6 Å². The van der Waals surface area contributed by atoms with Crippen LogP contribution in [0.5, 0.6) is 0 Å². The van der Waals surface area contributed by atoms with Crippen molar-refractivity contribution in [3.8, 4) is 0 Å². The Balaban J connectivity index is 2.88. The molecule has 0 aliphatic heterocycles. The van der Waals surface area contributed by atoms with Gasteiger partial charge in [-0.15, -0.1) is 0 Å². The number of sulfonamides is 1. The minimum atomic E-state index is -3.43. The van der Waals surface area contributed by atoms with E-state index >= 15 is 0 Å². The summed E-state index contributed by atoms with van der Waals surface area (Å²) < 4.78 is 26.9. The average Bonchev–Trinajstić information content (AvgIpc) is 2.15. The molecule has 0 amide bonds. The highest BCUT2D eigenvalue weighted by molar-refractivity contribution is 7.89. The van der Waals surface area contributed by atoms with Crippen LogP contribution in [0.2, 0.25) is 0 Å². The van der Waals surface area contributed by atoms with E-state index in [1.165, 1.54) is 4.90 Å². The van der Waals surface area contributed by atoms with Gasteiger partial charge in [-0.1, -0.05) is 18.2 Å². The number of nitrogens with one attached hydrogen (secondary N) is 2. The van der Waals surface area contributed by atoms with Crippen LogP contribution in [-0.4, -0.2) is 34.6 Å². The molecular weight excluding hydrogens is 236 g/mol. The van der Waals surface area contributed by atoms with Gasteiger partial charge in [0.05, 0.1) is 31.1 Å². The first-order valence-electron chi connectivity index (χ1n) is 5.61. The van der Waals surface area contributed by atoms with Crippen LogP contribution in [0.25, 0.3) is 0 Å². The van der Waals surface area contributed by atoms with E-state index in [-0.39, 0.29) is 0 Å². The standard InChI is InChI=1S/C12H20N2O2S/c1-12(2,10-14(3)4)13-17(15,16)11-8-6-5-7-9-11/h5-9,13H,10H2,1-4H3/p+1. The zero-order valence-corrected chi connectivity index (χ0v) is 11.6. The van der Waals surface area contributed by atoms with E-state index in [4.69, 9.17) is 0 Å². The molecule has 1 aromatic rings. The minimum Gasteiger partial charge on any atom is -0.338 e. The van der Waals surface area contributed by atoms with Gasteiger partial charge in [-0.05, 0) is 26.0 Å². The molecule has 0 spiro atoms. The first kappa shape index (κ1) is 14.2. The number of hydrogen-bond acceptors (Lipinski definition) is 2. The maximum Gasteiger partial charge on any atom is 0.241 e. The Bertz CT molecular complexity index is 453. The number of benzene rings is 1. The zero-order chi connectivity index (χ0) is 13.1. The van der Waals surface area contributed by atoms with E-state index in [0.29, 0.717) is 4.90 Å². The second-order valence-corrected chi connectivity index (χ2v) is 6.87. The van der Waals surface area contributed by atoms with Gasteiger partial charge in [0.25, 0.3) is 0 Å². The lowest BCUT2D eigenvalue weighted by atomic mass is 10.1. The zero-order valence-electron chi connectivity index (χ0n) is 10.8. The molecule has 0 heterocycles. The maximum absolute atomic E-state index is 12.1. The molecule has 0 aliphatic rings. The number of quaternary nitrogens is 1. The Hall–Kier alpha value is -0.910. The van der Waals surface area contributed by atoms with Crippen molar-refractivity contribution < 1.29 is 13.3 Å². The summed E-state index contributed by atoms with van der Waals surface area (Å²) in [4.78, 5) is 1.51. The molecule has 0 unspecified atom stereocenters. The van der Waals surface area contributed by atoms with E-state index in [1.807, 2.05) is 27.9 Å². The highest BCUT2D eigenvalue weighted by Crippen LogP contribution is 2.11. The monoisotopic (exact) mass is 257 g/mol. The smallest absolute Gasteiger partial charge is 0.241 e. The molecule has 1 rings (SSSR count). The fourth-order valence-electron chi connectivity index (χ4n) is 1.94. The van der Waals surface area contributed by atoms with Gasteiger partial charge in [0.15, 0.2) is 0 Å².